The summed E-state index contributed by atoms with van der Waals surface area (Å²) in [5, 5.41) is 9.89. The first kappa shape index (κ1) is 19.6. The second-order valence-corrected chi connectivity index (χ2v) is 8.17. The van der Waals surface area contributed by atoms with Crippen LogP contribution in [0.1, 0.15) is 35.2 Å². The predicted molar refractivity (Wildman–Crippen MR) is 118 cm³/mol. The van der Waals surface area contributed by atoms with Gasteiger partial charge >= 0.3 is 0 Å². The van der Waals surface area contributed by atoms with Gasteiger partial charge in [0.05, 0.1) is 11.6 Å². The van der Waals surface area contributed by atoms with Gasteiger partial charge in [0.1, 0.15) is 0 Å². The molecule has 6 heteroatoms. The van der Waals surface area contributed by atoms with Crippen LogP contribution >= 0.6 is 28.1 Å². The van der Waals surface area contributed by atoms with Crippen LogP contribution in [-0.2, 0) is 4.79 Å². The van der Waals surface area contributed by atoms with Crippen molar-refractivity contribution in [3.63, 3.8) is 0 Å². The summed E-state index contributed by atoms with van der Waals surface area (Å²) in [5.74, 6) is -0.151. The molecule has 0 unspecified atom stereocenters. The zero-order chi connectivity index (χ0) is 19.7. The van der Waals surface area contributed by atoms with Crippen molar-refractivity contribution in [1.82, 2.24) is 10.6 Å². The summed E-state index contributed by atoms with van der Waals surface area (Å²) in [7, 11) is 0. The Balaban J connectivity index is 2.02. The van der Waals surface area contributed by atoms with Gasteiger partial charge in [-0.1, -0.05) is 33.6 Å². The zero-order valence-corrected chi connectivity index (χ0v) is 18.1. The summed E-state index contributed by atoms with van der Waals surface area (Å²) in [6, 6.07) is 11.5. The number of amides is 1. The van der Waals surface area contributed by atoms with E-state index in [1.165, 1.54) is 5.56 Å². The van der Waals surface area contributed by atoms with E-state index in [0.717, 1.165) is 32.5 Å². The molecule has 0 spiro atoms. The topological polar surface area (TPSA) is 53.2 Å². The van der Waals surface area contributed by atoms with E-state index in [4.69, 9.17) is 12.2 Å². The van der Waals surface area contributed by atoms with Crippen molar-refractivity contribution < 1.29 is 4.79 Å². The van der Waals surface area contributed by atoms with Gasteiger partial charge in [-0.15, -0.1) is 0 Å². The van der Waals surface area contributed by atoms with Crippen LogP contribution in [0.5, 0.6) is 0 Å². The fourth-order valence-electron chi connectivity index (χ4n) is 3.59. The third kappa shape index (κ3) is 4.22. The first-order chi connectivity index (χ1) is 12.8. The molecular weight excluding hydrogens is 422 g/mol. The van der Waals surface area contributed by atoms with E-state index >= 15 is 0 Å². The van der Waals surface area contributed by atoms with Crippen molar-refractivity contribution in [2.45, 2.75) is 33.7 Å². The second-order valence-electron chi connectivity index (χ2n) is 6.84. The fraction of sp³-hybridized carbons (Fsp3) is 0.238. The first-order valence-corrected chi connectivity index (χ1v) is 9.89. The van der Waals surface area contributed by atoms with Crippen LogP contribution in [0, 0.1) is 20.8 Å². The van der Waals surface area contributed by atoms with Gasteiger partial charge < -0.3 is 16.0 Å². The van der Waals surface area contributed by atoms with E-state index in [1.807, 2.05) is 31.2 Å². The van der Waals surface area contributed by atoms with Crippen molar-refractivity contribution in [1.29, 1.82) is 0 Å². The minimum Gasteiger partial charge on any atom is -0.351 e. The number of hydrogen-bond acceptors (Lipinski definition) is 2. The molecule has 0 radical (unpaired) electrons. The predicted octanol–water partition coefficient (Wildman–Crippen LogP) is 4.81. The van der Waals surface area contributed by atoms with Crippen LogP contribution in [0.4, 0.5) is 5.69 Å². The first-order valence-electron chi connectivity index (χ1n) is 8.69. The molecule has 1 amide bonds. The van der Waals surface area contributed by atoms with Gasteiger partial charge in [-0.3, -0.25) is 4.79 Å². The number of halogens is 1. The van der Waals surface area contributed by atoms with Crippen LogP contribution in [0.3, 0.4) is 0 Å². The molecule has 1 aliphatic heterocycles. The molecular formula is C21H22BrN3OS. The Morgan fingerprint density at radius 2 is 1.67 bits per heavy atom. The maximum atomic E-state index is 13.1. The lowest BCUT2D eigenvalue weighted by Gasteiger charge is -2.32. The monoisotopic (exact) mass is 443 g/mol. The van der Waals surface area contributed by atoms with Gasteiger partial charge in [-0.2, -0.15) is 0 Å². The molecule has 1 heterocycles. The summed E-state index contributed by atoms with van der Waals surface area (Å²) in [4.78, 5) is 13.1. The Kier molecular flexibility index (Phi) is 5.67. The van der Waals surface area contributed by atoms with Gasteiger partial charge in [-0.05, 0) is 80.9 Å². The van der Waals surface area contributed by atoms with Crippen LogP contribution in [0.15, 0.2) is 52.1 Å². The number of rotatable bonds is 3. The molecule has 0 bridgehead atoms. The molecule has 1 atom stereocenters. The highest BCUT2D eigenvalue weighted by Crippen LogP contribution is 2.32. The van der Waals surface area contributed by atoms with Crippen LogP contribution in [0.2, 0.25) is 0 Å². The van der Waals surface area contributed by atoms with Crippen molar-refractivity contribution in [2.75, 3.05) is 5.32 Å². The molecule has 4 nitrogen and oxygen atoms in total. The van der Waals surface area contributed by atoms with E-state index in [0.29, 0.717) is 10.7 Å². The van der Waals surface area contributed by atoms with Gasteiger partial charge in [-0.25, -0.2) is 0 Å². The number of aryl methyl sites for hydroxylation is 3. The summed E-state index contributed by atoms with van der Waals surface area (Å²) in [6.07, 6.45) is 0. The fourth-order valence-corrected chi connectivity index (χ4v) is 4.12. The molecule has 0 saturated carbocycles. The highest BCUT2D eigenvalue weighted by molar-refractivity contribution is 9.10. The summed E-state index contributed by atoms with van der Waals surface area (Å²) < 4.78 is 0.964. The summed E-state index contributed by atoms with van der Waals surface area (Å²) >= 11 is 8.77. The number of carbonyl (C=O) groups excluding carboxylic acids is 1. The van der Waals surface area contributed by atoms with Crippen molar-refractivity contribution in [3.8, 4) is 0 Å². The number of thiocarbonyl (C=S) groups is 1. The lowest BCUT2D eigenvalue weighted by molar-refractivity contribution is -0.113. The number of hydrogen-bond donors (Lipinski definition) is 3. The number of carbonyl (C=O) groups is 1. The van der Waals surface area contributed by atoms with Crippen molar-refractivity contribution >= 4 is 44.9 Å². The Labute approximate surface area is 173 Å². The minimum atomic E-state index is -0.296. The van der Waals surface area contributed by atoms with Gasteiger partial charge in [0.15, 0.2) is 5.11 Å². The van der Waals surface area contributed by atoms with Gasteiger partial charge in [0.2, 0.25) is 0 Å². The standard InChI is InChI=1S/C21H22BrN3OS/c1-11-9-12(2)17(13(3)10-11)19-18(14(4)23-21(27)25-19)20(26)24-16-7-5-15(22)6-8-16/h5-10,19H,1-4H3,(H,24,26)(H2,23,25,27)/t19-/m1/s1. The molecule has 0 aromatic heterocycles. The lowest BCUT2D eigenvalue weighted by Crippen LogP contribution is -2.46. The normalized spacial score (nSPS) is 16.6. The lowest BCUT2D eigenvalue weighted by atomic mass is 9.88. The van der Waals surface area contributed by atoms with Gasteiger partial charge in [0, 0.05) is 15.9 Å². The third-order valence-electron chi connectivity index (χ3n) is 4.64. The second kappa shape index (κ2) is 7.82. The number of nitrogens with one attached hydrogen (secondary N) is 3. The van der Waals surface area contributed by atoms with Crippen LogP contribution in [-0.4, -0.2) is 11.0 Å². The molecule has 0 fully saturated rings. The number of anilines is 1. The molecule has 1 aliphatic rings. The molecule has 2 aromatic carbocycles. The van der Waals surface area contributed by atoms with E-state index in [2.05, 4.69) is 64.8 Å². The average molecular weight is 444 g/mol. The summed E-state index contributed by atoms with van der Waals surface area (Å²) in [6.45, 7) is 8.10. The Morgan fingerprint density at radius 1 is 1.07 bits per heavy atom. The third-order valence-corrected chi connectivity index (χ3v) is 5.39. The van der Waals surface area contributed by atoms with Gasteiger partial charge in [0.25, 0.3) is 5.91 Å². The SMILES string of the molecule is CC1=C(C(=O)Nc2ccc(Br)cc2)[C@@H](c2c(C)cc(C)cc2C)NC(=S)N1. The van der Waals surface area contributed by atoms with Crippen LogP contribution < -0.4 is 16.0 Å². The van der Waals surface area contributed by atoms with E-state index in [9.17, 15) is 4.79 Å². The molecule has 0 aliphatic carbocycles. The number of benzene rings is 2. The van der Waals surface area contributed by atoms with Crippen molar-refractivity contribution in [2.24, 2.45) is 0 Å². The molecule has 140 valence electrons. The quantitative estimate of drug-likeness (QED) is 0.595. The van der Waals surface area contributed by atoms with E-state index < -0.39 is 0 Å². The largest absolute Gasteiger partial charge is 0.351 e. The Morgan fingerprint density at radius 3 is 2.26 bits per heavy atom. The highest BCUT2D eigenvalue weighted by atomic mass is 79.9. The molecule has 0 saturated heterocycles. The Hall–Kier alpha value is -2.18. The highest BCUT2D eigenvalue weighted by Gasteiger charge is 2.31. The summed E-state index contributed by atoms with van der Waals surface area (Å²) in [5.41, 5.74) is 6.71. The average Bonchev–Trinajstić information content (AvgIpc) is 2.55. The molecule has 2 aromatic rings. The van der Waals surface area contributed by atoms with Crippen LogP contribution in [0.25, 0.3) is 0 Å². The minimum absolute atomic E-state index is 0.151. The Bertz CT molecular complexity index is 927. The maximum absolute atomic E-state index is 13.1. The van der Waals surface area contributed by atoms with E-state index in [1.54, 1.807) is 0 Å². The maximum Gasteiger partial charge on any atom is 0.255 e. The smallest absolute Gasteiger partial charge is 0.255 e. The van der Waals surface area contributed by atoms with Crippen molar-refractivity contribution in [3.05, 3.63) is 74.4 Å². The zero-order valence-electron chi connectivity index (χ0n) is 15.7. The molecule has 27 heavy (non-hydrogen) atoms. The van der Waals surface area contributed by atoms with E-state index in [-0.39, 0.29) is 11.9 Å². The molecule has 3 N–H and O–H groups in total. The number of allylic oxidation sites excluding steroid dienone is 1. The molecule has 3 rings (SSSR count).